The van der Waals surface area contributed by atoms with Crippen molar-refractivity contribution in [3.63, 3.8) is 0 Å². The molecule has 0 spiro atoms. The Bertz CT molecular complexity index is 1060. The van der Waals surface area contributed by atoms with Crippen LogP contribution in [-0.2, 0) is 11.3 Å². The molecule has 0 unspecified atom stereocenters. The molecule has 0 N–H and O–H groups in total. The molecule has 0 saturated carbocycles. The summed E-state index contributed by atoms with van der Waals surface area (Å²) >= 11 is 0. The molecule has 1 saturated heterocycles. The van der Waals surface area contributed by atoms with Crippen LogP contribution in [0.15, 0.2) is 53.6 Å². The summed E-state index contributed by atoms with van der Waals surface area (Å²) < 4.78 is 20.1. The number of halogens is 1. The summed E-state index contributed by atoms with van der Waals surface area (Å²) in [5.41, 5.74) is 2.03. The van der Waals surface area contributed by atoms with Crippen LogP contribution < -0.4 is 5.56 Å². The summed E-state index contributed by atoms with van der Waals surface area (Å²) in [6, 6.07) is 11.4. The first-order chi connectivity index (χ1) is 12.7. The number of benzene rings is 2. The molecule has 0 aliphatic carbocycles. The highest BCUT2D eigenvalue weighted by Crippen LogP contribution is 2.14. The van der Waals surface area contributed by atoms with Gasteiger partial charge in [-0.25, -0.2) is 9.37 Å². The van der Waals surface area contributed by atoms with E-state index in [0.717, 1.165) is 30.6 Å². The molecule has 2 heterocycles. The monoisotopic (exact) mass is 348 g/mol. The van der Waals surface area contributed by atoms with Crippen LogP contribution in [0.2, 0.25) is 0 Å². The van der Waals surface area contributed by atoms with Gasteiger partial charge in [0, 0.05) is 17.7 Å². The average Bonchev–Trinajstić information content (AvgIpc) is 3.17. The van der Waals surface area contributed by atoms with Gasteiger partial charge in [-0.15, -0.1) is 0 Å². The molecule has 3 aromatic rings. The van der Waals surface area contributed by atoms with Gasteiger partial charge < -0.3 is 4.74 Å². The molecule has 1 fully saturated rings. The predicted molar refractivity (Wildman–Crippen MR) is 97.4 cm³/mol. The van der Waals surface area contributed by atoms with Gasteiger partial charge in [0.15, 0.2) is 0 Å². The van der Waals surface area contributed by atoms with Crippen molar-refractivity contribution < 1.29 is 9.13 Å². The van der Waals surface area contributed by atoms with Gasteiger partial charge >= 0.3 is 0 Å². The first-order valence-corrected chi connectivity index (χ1v) is 8.57. The molecule has 0 amide bonds. The molecule has 4 rings (SSSR count). The standard InChI is InChI=1S/C21H17FN2O2/c22-17-8-5-15(6-9-17)3-4-16-7-10-19-20(12-16)23-14-24(21(19)25)13-18-2-1-11-26-18/h5-10,12,14,18H,1-2,11,13H2/t18-/m1/s1. The van der Waals surface area contributed by atoms with Gasteiger partial charge in [0.05, 0.1) is 29.9 Å². The summed E-state index contributed by atoms with van der Waals surface area (Å²) in [5, 5.41) is 0.567. The van der Waals surface area contributed by atoms with E-state index in [-0.39, 0.29) is 17.5 Å². The van der Waals surface area contributed by atoms with E-state index in [4.69, 9.17) is 4.74 Å². The molecular weight excluding hydrogens is 331 g/mol. The summed E-state index contributed by atoms with van der Waals surface area (Å²) in [6.07, 6.45) is 3.68. The van der Waals surface area contributed by atoms with Crippen molar-refractivity contribution >= 4 is 10.9 Å². The molecule has 0 radical (unpaired) electrons. The number of hydrogen-bond acceptors (Lipinski definition) is 3. The highest BCUT2D eigenvalue weighted by Gasteiger charge is 2.17. The average molecular weight is 348 g/mol. The summed E-state index contributed by atoms with van der Waals surface area (Å²) in [7, 11) is 0. The van der Waals surface area contributed by atoms with Crippen molar-refractivity contribution in [2.75, 3.05) is 6.61 Å². The van der Waals surface area contributed by atoms with Crippen LogP contribution in [0.25, 0.3) is 10.9 Å². The quantitative estimate of drug-likeness (QED) is 0.669. The van der Waals surface area contributed by atoms with Crippen LogP contribution in [0.5, 0.6) is 0 Å². The second-order valence-electron chi connectivity index (χ2n) is 6.33. The van der Waals surface area contributed by atoms with Crippen molar-refractivity contribution in [2.45, 2.75) is 25.5 Å². The highest BCUT2D eigenvalue weighted by atomic mass is 19.1. The lowest BCUT2D eigenvalue weighted by molar-refractivity contribution is 0.0960. The van der Waals surface area contributed by atoms with Gasteiger partial charge in [-0.1, -0.05) is 11.8 Å². The third-order valence-electron chi connectivity index (χ3n) is 4.44. The Morgan fingerprint density at radius 2 is 1.92 bits per heavy atom. The van der Waals surface area contributed by atoms with Gasteiger partial charge in [-0.3, -0.25) is 9.36 Å². The van der Waals surface area contributed by atoms with Crippen LogP contribution >= 0.6 is 0 Å². The van der Waals surface area contributed by atoms with Gasteiger partial charge in [-0.05, 0) is 55.3 Å². The SMILES string of the molecule is O=c1c2ccc(C#Cc3ccc(F)cc3)cc2ncn1C[C@H]1CCCO1. The van der Waals surface area contributed by atoms with E-state index >= 15 is 0 Å². The minimum atomic E-state index is -0.287. The van der Waals surface area contributed by atoms with Crippen LogP contribution in [0.4, 0.5) is 4.39 Å². The molecular formula is C21H17FN2O2. The van der Waals surface area contributed by atoms with E-state index in [1.54, 1.807) is 41.2 Å². The Kier molecular flexibility index (Phi) is 4.51. The number of rotatable bonds is 2. The molecule has 2 aromatic carbocycles. The number of ether oxygens (including phenoxy) is 1. The topological polar surface area (TPSA) is 44.1 Å². The predicted octanol–water partition coefficient (Wildman–Crippen LogP) is 3.11. The molecule has 1 aliphatic heterocycles. The van der Waals surface area contributed by atoms with E-state index in [0.29, 0.717) is 17.4 Å². The Hall–Kier alpha value is -2.97. The van der Waals surface area contributed by atoms with Crippen LogP contribution in [0.1, 0.15) is 24.0 Å². The third-order valence-corrected chi connectivity index (χ3v) is 4.44. The number of aromatic nitrogens is 2. The van der Waals surface area contributed by atoms with Gasteiger partial charge in [0.1, 0.15) is 5.82 Å². The second-order valence-corrected chi connectivity index (χ2v) is 6.33. The molecule has 4 nitrogen and oxygen atoms in total. The fourth-order valence-electron chi connectivity index (χ4n) is 3.05. The first kappa shape index (κ1) is 16.5. The number of nitrogens with zero attached hydrogens (tertiary/aromatic N) is 2. The Balaban J connectivity index is 1.61. The summed E-state index contributed by atoms with van der Waals surface area (Å²) in [5.74, 6) is 5.72. The van der Waals surface area contributed by atoms with Gasteiger partial charge in [-0.2, -0.15) is 0 Å². The normalized spacial score (nSPS) is 16.4. The second kappa shape index (κ2) is 7.11. The van der Waals surface area contributed by atoms with Crippen LogP contribution in [-0.4, -0.2) is 22.3 Å². The smallest absolute Gasteiger partial charge is 0.261 e. The largest absolute Gasteiger partial charge is 0.376 e. The zero-order valence-electron chi connectivity index (χ0n) is 14.1. The summed E-state index contributed by atoms with van der Waals surface area (Å²) in [6.45, 7) is 1.30. The maximum Gasteiger partial charge on any atom is 0.261 e. The van der Waals surface area contributed by atoms with Crippen molar-refractivity contribution in [3.05, 3.63) is 76.1 Å². The molecule has 130 valence electrons. The lowest BCUT2D eigenvalue weighted by Crippen LogP contribution is -2.26. The molecule has 0 bridgehead atoms. The third kappa shape index (κ3) is 3.51. The van der Waals surface area contributed by atoms with Crippen molar-refractivity contribution in [1.82, 2.24) is 9.55 Å². The zero-order valence-corrected chi connectivity index (χ0v) is 14.1. The first-order valence-electron chi connectivity index (χ1n) is 8.57. The van der Waals surface area contributed by atoms with E-state index < -0.39 is 0 Å². The van der Waals surface area contributed by atoms with Crippen LogP contribution in [0, 0.1) is 17.7 Å². The van der Waals surface area contributed by atoms with Gasteiger partial charge in [0.25, 0.3) is 5.56 Å². The number of hydrogen-bond donors (Lipinski definition) is 0. The minimum Gasteiger partial charge on any atom is -0.376 e. The minimum absolute atomic E-state index is 0.0662. The van der Waals surface area contributed by atoms with Crippen LogP contribution in [0.3, 0.4) is 0 Å². The molecule has 26 heavy (non-hydrogen) atoms. The molecule has 5 heteroatoms. The Labute approximate surface area is 150 Å². The fraction of sp³-hybridized carbons (Fsp3) is 0.238. The zero-order chi connectivity index (χ0) is 17.9. The fourth-order valence-corrected chi connectivity index (χ4v) is 3.05. The lowest BCUT2D eigenvalue weighted by atomic mass is 10.1. The number of fused-ring (bicyclic) bond motifs is 1. The lowest BCUT2D eigenvalue weighted by Gasteiger charge is -2.11. The highest BCUT2D eigenvalue weighted by molar-refractivity contribution is 5.79. The Morgan fingerprint density at radius 3 is 2.69 bits per heavy atom. The summed E-state index contributed by atoms with van der Waals surface area (Å²) in [4.78, 5) is 17.0. The van der Waals surface area contributed by atoms with E-state index in [9.17, 15) is 9.18 Å². The molecule has 1 aliphatic rings. The molecule has 1 atom stereocenters. The maximum atomic E-state index is 12.9. The van der Waals surface area contributed by atoms with Crippen molar-refractivity contribution in [1.29, 1.82) is 0 Å². The van der Waals surface area contributed by atoms with E-state index in [2.05, 4.69) is 16.8 Å². The van der Waals surface area contributed by atoms with Gasteiger partial charge in [0.2, 0.25) is 0 Å². The Morgan fingerprint density at radius 1 is 1.15 bits per heavy atom. The van der Waals surface area contributed by atoms with E-state index in [1.807, 2.05) is 0 Å². The van der Waals surface area contributed by atoms with Crippen molar-refractivity contribution in [2.24, 2.45) is 0 Å². The maximum absolute atomic E-state index is 12.9. The molecule has 1 aromatic heterocycles. The van der Waals surface area contributed by atoms with E-state index in [1.165, 1.54) is 12.1 Å². The van der Waals surface area contributed by atoms with Crippen molar-refractivity contribution in [3.8, 4) is 11.8 Å².